The van der Waals surface area contributed by atoms with Crippen molar-refractivity contribution in [3.05, 3.63) is 30.0 Å². The summed E-state index contributed by atoms with van der Waals surface area (Å²) >= 11 is 0. The number of aromatic hydroxyl groups is 1. The molecule has 102 valence electrons. The van der Waals surface area contributed by atoms with Crippen molar-refractivity contribution in [3.8, 4) is 5.88 Å². The molecular weight excluding hydrogens is 260 g/mol. The molecule has 1 aliphatic carbocycles. The lowest BCUT2D eigenvalue weighted by molar-refractivity contribution is -0.117. The summed E-state index contributed by atoms with van der Waals surface area (Å²) in [4.78, 5) is 24.1. The summed E-state index contributed by atoms with van der Waals surface area (Å²) in [6.45, 7) is 1.88. The fraction of sp³-hybridized carbons (Fsp3) is 0.333. The second-order valence-corrected chi connectivity index (χ2v) is 4.63. The molecule has 8 nitrogen and oxygen atoms in total. The first-order valence-electron chi connectivity index (χ1n) is 6.12. The molecular formula is C12H12N6O2. The van der Waals surface area contributed by atoms with E-state index < -0.39 is 0 Å². The van der Waals surface area contributed by atoms with E-state index in [0.29, 0.717) is 12.2 Å². The van der Waals surface area contributed by atoms with Crippen LogP contribution in [0.15, 0.2) is 18.5 Å². The topological polar surface area (TPSA) is 114 Å². The standard InChI is InChI=1S/C12H12N6O2/c1-6-2-3-13-10(15-6)7-4-8(7)11(20)17-12-16-9(19)5-14-18-12/h2-3,5,7-8H,4H2,1H3,(H2,16,17,18,19,20)/t7?,8-/m0/s1. The maximum absolute atomic E-state index is 12.0. The van der Waals surface area contributed by atoms with Gasteiger partial charge in [-0.2, -0.15) is 4.98 Å². The fourth-order valence-corrected chi connectivity index (χ4v) is 1.97. The van der Waals surface area contributed by atoms with Crippen molar-refractivity contribution < 1.29 is 9.90 Å². The zero-order valence-corrected chi connectivity index (χ0v) is 10.7. The maximum Gasteiger partial charge on any atom is 0.252 e. The van der Waals surface area contributed by atoms with E-state index in [4.69, 9.17) is 5.11 Å². The third-order valence-electron chi connectivity index (χ3n) is 3.05. The van der Waals surface area contributed by atoms with E-state index in [9.17, 15) is 4.79 Å². The van der Waals surface area contributed by atoms with Gasteiger partial charge in [-0.05, 0) is 19.4 Å². The maximum atomic E-state index is 12.0. The van der Waals surface area contributed by atoms with Gasteiger partial charge < -0.3 is 5.11 Å². The highest BCUT2D eigenvalue weighted by Crippen LogP contribution is 2.46. The van der Waals surface area contributed by atoms with E-state index >= 15 is 0 Å². The number of aromatic nitrogens is 5. The van der Waals surface area contributed by atoms with Crippen LogP contribution in [-0.4, -0.2) is 36.2 Å². The van der Waals surface area contributed by atoms with E-state index in [2.05, 4.69) is 30.5 Å². The smallest absolute Gasteiger partial charge is 0.252 e. The number of rotatable bonds is 3. The van der Waals surface area contributed by atoms with Crippen LogP contribution in [0.2, 0.25) is 0 Å². The summed E-state index contributed by atoms with van der Waals surface area (Å²) in [6, 6.07) is 1.81. The fourth-order valence-electron chi connectivity index (χ4n) is 1.97. The zero-order valence-electron chi connectivity index (χ0n) is 10.7. The summed E-state index contributed by atoms with van der Waals surface area (Å²) in [5, 5.41) is 18.8. The van der Waals surface area contributed by atoms with Gasteiger partial charge in [-0.25, -0.2) is 9.97 Å². The number of aryl methyl sites for hydroxylation is 1. The van der Waals surface area contributed by atoms with Crippen LogP contribution in [-0.2, 0) is 4.79 Å². The van der Waals surface area contributed by atoms with Crippen molar-refractivity contribution in [1.29, 1.82) is 0 Å². The summed E-state index contributed by atoms with van der Waals surface area (Å²) in [7, 11) is 0. The molecule has 2 N–H and O–H groups in total. The quantitative estimate of drug-likeness (QED) is 0.832. The second-order valence-electron chi connectivity index (χ2n) is 4.63. The molecule has 1 amide bonds. The number of hydrogen-bond acceptors (Lipinski definition) is 7. The minimum absolute atomic E-state index is 0.00851. The van der Waals surface area contributed by atoms with E-state index in [1.807, 2.05) is 13.0 Å². The number of nitrogens with zero attached hydrogens (tertiary/aromatic N) is 5. The van der Waals surface area contributed by atoms with Gasteiger partial charge in [-0.1, -0.05) is 0 Å². The van der Waals surface area contributed by atoms with Crippen LogP contribution >= 0.6 is 0 Å². The zero-order chi connectivity index (χ0) is 14.1. The average Bonchev–Trinajstić information content (AvgIpc) is 3.19. The predicted octanol–water partition coefficient (Wildman–Crippen LogP) is 0.418. The molecule has 1 fully saturated rings. The van der Waals surface area contributed by atoms with Gasteiger partial charge >= 0.3 is 0 Å². The number of carbonyl (C=O) groups excluding carboxylic acids is 1. The Morgan fingerprint density at radius 2 is 2.30 bits per heavy atom. The first-order chi connectivity index (χ1) is 9.63. The third kappa shape index (κ3) is 2.53. The Balaban J connectivity index is 1.66. The summed E-state index contributed by atoms with van der Waals surface area (Å²) < 4.78 is 0. The van der Waals surface area contributed by atoms with Crippen LogP contribution in [0.4, 0.5) is 5.95 Å². The Hall–Kier alpha value is -2.64. The predicted molar refractivity (Wildman–Crippen MR) is 67.7 cm³/mol. The number of carbonyl (C=O) groups is 1. The first kappa shape index (κ1) is 12.4. The molecule has 20 heavy (non-hydrogen) atoms. The molecule has 0 bridgehead atoms. The molecule has 0 spiro atoms. The van der Waals surface area contributed by atoms with Gasteiger partial charge in [0, 0.05) is 23.7 Å². The van der Waals surface area contributed by atoms with Gasteiger partial charge in [0.2, 0.25) is 11.8 Å². The Morgan fingerprint density at radius 3 is 3.05 bits per heavy atom. The Bertz CT molecular complexity index is 662. The Morgan fingerprint density at radius 1 is 1.45 bits per heavy atom. The van der Waals surface area contributed by atoms with E-state index in [1.54, 1.807) is 6.20 Å². The van der Waals surface area contributed by atoms with Crippen LogP contribution in [0, 0.1) is 12.8 Å². The van der Waals surface area contributed by atoms with E-state index in [1.165, 1.54) is 0 Å². The molecule has 1 saturated carbocycles. The molecule has 3 rings (SSSR count). The van der Waals surface area contributed by atoms with Crippen molar-refractivity contribution in [2.24, 2.45) is 5.92 Å². The lowest BCUT2D eigenvalue weighted by atomic mass is 10.2. The molecule has 2 atom stereocenters. The molecule has 1 aliphatic rings. The highest BCUT2D eigenvalue weighted by molar-refractivity contribution is 5.93. The monoisotopic (exact) mass is 272 g/mol. The van der Waals surface area contributed by atoms with Crippen LogP contribution in [0.1, 0.15) is 23.9 Å². The van der Waals surface area contributed by atoms with Gasteiger partial charge in [-0.3, -0.25) is 10.1 Å². The van der Waals surface area contributed by atoms with Crippen LogP contribution < -0.4 is 5.32 Å². The Labute approximate surface area is 114 Å². The molecule has 2 aromatic rings. The second kappa shape index (κ2) is 4.80. The number of amides is 1. The summed E-state index contributed by atoms with van der Waals surface area (Å²) in [5.74, 6) is 0.00556. The number of anilines is 1. The van der Waals surface area contributed by atoms with Crippen LogP contribution in [0.25, 0.3) is 0 Å². The Kier molecular flexibility index (Phi) is 2.97. The van der Waals surface area contributed by atoms with Gasteiger partial charge in [0.15, 0.2) is 0 Å². The van der Waals surface area contributed by atoms with Crippen molar-refractivity contribution in [2.45, 2.75) is 19.3 Å². The minimum Gasteiger partial charge on any atom is -0.492 e. The normalized spacial score (nSPS) is 20.4. The molecule has 2 heterocycles. The lowest BCUT2D eigenvalue weighted by Crippen LogP contribution is -2.17. The molecule has 0 aromatic carbocycles. The molecule has 1 unspecified atom stereocenters. The van der Waals surface area contributed by atoms with Crippen molar-refractivity contribution in [1.82, 2.24) is 25.1 Å². The highest BCUT2D eigenvalue weighted by Gasteiger charge is 2.46. The lowest BCUT2D eigenvalue weighted by Gasteiger charge is -2.02. The summed E-state index contributed by atoms with van der Waals surface area (Å²) in [5.41, 5.74) is 0.876. The van der Waals surface area contributed by atoms with E-state index in [-0.39, 0.29) is 29.6 Å². The van der Waals surface area contributed by atoms with Gasteiger partial charge in [-0.15, -0.1) is 10.2 Å². The molecule has 8 heteroatoms. The number of hydrogen-bond donors (Lipinski definition) is 2. The van der Waals surface area contributed by atoms with Gasteiger partial charge in [0.25, 0.3) is 5.95 Å². The highest BCUT2D eigenvalue weighted by atomic mass is 16.3. The molecule has 0 aliphatic heterocycles. The van der Waals surface area contributed by atoms with E-state index in [0.717, 1.165) is 11.9 Å². The molecule has 2 aromatic heterocycles. The van der Waals surface area contributed by atoms with Crippen LogP contribution in [0.3, 0.4) is 0 Å². The average molecular weight is 272 g/mol. The first-order valence-corrected chi connectivity index (χ1v) is 6.12. The SMILES string of the molecule is Cc1ccnc(C2C[C@@H]2C(=O)Nc2nncc(O)n2)n1. The molecule has 0 radical (unpaired) electrons. The van der Waals surface area contributed by atoms with Crippen molar-refractivity contribution in [2.75, 3.05) is 5.32 Å². The molecule has 0 saturated heterocycles. The number of nitrogens with one attached hydrogen (secondary N) is 1. The van der Waals surface area contributed by atoms with Crippen LogP contribution in [0.5, 0.6) is 5.88 Å². The van der Waals surface area contributed by atoms with Gasteiger partial charge in [0.05, 0.1) is 0 Å². The van der Waals surface area contributed by atoms with Crippen molar-refractivity contribution >= 4 is 11.9 Å². The summed E-state index contributed by atoms with van der Waals surface area (Å²) in [6.07, 6.45) is 3.48. The van der Waals surface area contributed by atoms with Crippen molar-refractivity contribution in [3.63, 3.8) is 0 Å². The van der Waals surface area contributed by atoms with Gasteiger partial charge in [0.1, 0.15) is 12.0 Å². The minimum atomic E-state index is -0.287. The third-order valence-corrected chi connectivity index (χ3v) is 3.05. The largest absolute Gasteiger partial charge is 0.492 e.